The number of hydrogen-bond donors (Lipinski definition) is 1. The average Bonchev–Trinajstić information content (AvgIpc) is 2.67. The molecular weight excluding hydrogens is 366 g/mol. The largest absolute Gasteiger partial charge is 0.311 e. The molecule has 1 fully saturated rings. The van der Waals surface area contributed by atoms with Gasteiger partial charge < -0.3 is 4.90 Å². The third-order valence-electron chi connectivity index (χ3n) is 3.10. The number of amides is 1. The minimum atomic E-state index is -3.67. The van der Waals surface area contributed by atoms with Crippen LogP contribution in [0.3, 0.4) is 0 Å². The number of carbonyl (C=O) groups excluding carboxylic acids is 1. The van der Waals surface area contributed by atoms with Gasteiger partial charge >= 0.3 is 0 Å². The maximum absolute atomic E-state index is 12.0. The monoisotopic (exact) mass is 377 g/mol. The van der Waals surface area contributed by atoms with E-state index in [0.29, 0.717) is 10.2 Å². The smallest absolute Gasteiger partial charge is 0.271 e. The summed E-state index contributed by atoms with van der Waals surface area (Å²) < 4.78 is 22.7. The number of primary sulfonamides is 1. The first-order chi connectivity index (χ1) is 9.67. The zero-order chi connectivity index (χ0) is 15.8. The molecule has 10 heteroatoms. The Labute approximate surface area is 129 Å². The maximum atomic E-state index is 12.0. The van der Waals surface area contributed by atoms with Crippen molar-refractivity contribution in [2.75, 3.05) is 17.2 Å². The highest BCUT2D eigenvalue weighted by molar-refractivity contribution is 9.10. The van der Waals surface area contributed by atoms with E-state index in [1.807, 2.05) is 0 Å². The van der Waals surface area contributed by atoms with Gasteiger partial charge in [0.05, 0.1) is 16.4 Å². The molecule has 0 aromatic heterocycles. The van der Waals surface area contributed by atoms with Crippen molar-refractivity contribution in [2.45, 2.75) is 6.42 Å². The number of halogens is 1. The van der Waals surface area contributed by atoms with E-state index in [0.717, 1.165) is 0 Å². The van der Waals surface area contributed by atoms with E-state index >= 15 is 0 Å². The number of non-ortho nitro benzene ring substituents is 1. The van der Waals surface area contributed by atoms with Gasteiger partial charge in [0.25, 0.3) is 5.69 Å². The number of nitro benzene ring substituents is 1. The zero-order valence-corrected chi connectivity index (χ0v) is 13.1. The standard InChI is InChI=1S/C11H12BrN3O5S/c12-9-2-1-8(15(17)18)4-10(9)14-5-7(3-11(14)16)6-21(13,19)20/h1-2,4,7H,3,5-6H2,(H2,13,19,20). The SMILES string of the molecule is NS(=O)(=O)CC1CC(=O)N(c2cc([N+](=O)[O-])ccc2Br)C1. The van der Waals surface area contributed by atoms with E-state index < -0.39 is 20.9 Å². The molecule has 1 unspecified atom stereocenters. The summed E-state index contributed by atoms with van der Waals surface area (Å²) in [5.41, 5.74) is 0.210. The van der Waals surface area contributed by atoms with Crippen LogP contribution in [0.1, 0.15) is 6.42 Å². The molecule has 1 saturated heterocycles. The Bertz CT molecular complexity index is 706. The molecule has 2 rings (SSSR count). The van der Waals surface area contributed by atoms with E-state index in [9.17, 15) is 23.3 Å². The summed E-state index contributed by atoms with van der Waals surface area (Å²) in [4.78, 5) is 23.6. The number of nitro groups is 1. The van der Waals surface area contributed by atoms with Gasteiger partial charge in [0, 0.05) is 35.5 Å². The Kier molecular flexibility index (Phi) is 4.30. The second kappa shape index (κ2) is 5.70. The van der Waals surface area contributed by atoms with Crippen molar-refractivity contribution in [3.8, 4) is 0 Å². The van der Waals surface area contributed by atoms with Crippen LogP contribution in [0.5, 0.6) is 0 Å². The van der Waals surface area contributed by atoms with Crippen molar-refractivity contribution < 1.29 is 18.1 Å². The van der Waals surface area contributed by atoms with Crippen LogP contribution in [0.15, 0.2) is 22.7 Å². The van der Waals surface area contributed by atoms with Crippen LogP contribution < -0.4 is 10.0 Å². The minimum Gasteiger partial charge on any atom is -0.311 e. The van der Waals surface area contributed by atoms with E-state index in [-0.39, 0.29) is 30.3 Å². The summed E-state index contributed by atoms with van der Waals surface area (Å²) in [5.74, 6) is -0.995. The van der Waals surface area contributed by atoms with Crippen LogP contribution in [0, 0.1) is 16.0 Å². The van der Waals surface area contributed by atoms with Crippen molar-refractivity contribution in [3.63, 3.8) is 0 Å². The molecule has 0 bridgehead atoms. The lowest BCUT2D eigenvalue weighted by Gasteiger charge is -2.18. The Morgan fingerprint density at radius 2 is 2.14 bits per heavy atom. The van der Waals surface area contributed by atoms with Gasteiger partial charge in [-0.2, -0.15) is 0 Å². The average molecular weight is 378 g/mol. The highest BCUT2D eigenvalue weighted by Crippen LogP contribution is 2.34. The lowest BCUT2D eigenvalue weighted by atomic mass is 10.1. The fourth-order valence-corrected chi connectivity index (χ4v) is 3.62. The van der Waals surface area contributed by atoms with Crippen molar-refractivity contribution >= 4 is 43.2 Å². The molecule has 1 aromatic rings. The zero-order valence-electron chi connectivity index (χ0n) is 10.7. The lowest BCUT2D eigenvalue weighted by molar-refractivity contribution is -0.384. The molecule has 1 aromatic carbocycles. The van der Waals surface area contributed by atoms with Crippen LogP contribution >= 0.6 is 15.9 Å². The van der Waals surface area contributed by atoms with Gasteiger partial charge in [0.2, 0.25) is 15.9 Å². The molecule has 1 aliphatic heterocycles. The minimum absolute atomic E-state index is 0.0472. The summed E-state index contributed by atoms with van der Waals surface area (Å²) in [6.45, 7) is 0.162. The number of sulfonamides is 1. The molecule has 2 N–H and O–H groups in total. The van der Waals surface area contributed by atoms with Gasteiger partial charge in [-0.1, -0.05) is 0 Å². The van der Waals surface area contributed by atoms with Crippen molar-refractivity contribution in [1.29, 1.82) is 0 Å². The number of rotatable bonds is 4. The topological polar surface area (TPSA) is 124 Å². The molecule has 21 heavy (non-hydrogen) atoms. The molecule has 0 aliphatic carbocycles. The predicted molar refractivity (Wildman–Crippen MR) is 79.2 cm³/mol. The first-order valence-corrected chi connectivity index (χ1v) is 8.43. The summed E-state index contributed by atoms with van der Waals surface area (Å²) in [5, 5.41) is 15.8. The van der Waals surface area contributed by atoms with Crippen LogP contribution in [-0.4, -0.2) is 31.5 Å². The van der Waals surface area contributed by atoms with Gasteiger partial charge in [-0.3, -0.25) is 14.9 Å². The number of nitrogens with two attached hydrogens (primary N) is 1. The van der Waals surface area contributed by atoms with Crippen molar-refractivity contribution in [1.82, 2.24) is 0 Å². The maximum Gasteiger partial charge on any atom is 0.271 e. The molecule has 0 saturated carbocycles. The number of anilines is 1. The third-order valence-corrected chi connectivity index (χ3v) is 4.71. The molecular formula is C11H12BrN3O5S. The Hall–Kier alpha value is -1.52. The van der Waals surface area contributed by atoms with Crippen LogP contribution in [0.2, 0.25) is 0 Å². The molecule has 1 amide bonds. The van der Waals surface area contributed by atoms with Gasteiger partial charge in [0.15, 0.2) is 0 Å². The third kappa shape index (κ3) is 3.77. The van der Waals surface area contributed by atoms with E-state index in [4.69, 9.17) is 5.14 Å². The van der Waals surface area contributed by atoms with Crippen LogP contribution in [0.25, 0.3) is 0 Å². The van der Waals surface area contributed by atoms with E-state index in [2.05, 4.69) is 15.9 Å². The van der Waals surface area contributed by atoms with Crippen molar-refractivity contribution in [2.24, 2.45) is 11.1 Å². The highest BCUT2D eigenvalue weighted by Gasteiger charge is 2.34. The highest BCUT2D eigenvalue weighted by atomic mass is 79.9. The molecule has 0 radical (unpaired) electrons. The first-order valence-electron chi connectivity index (χ1n) is 5.92. The fraction of sp³-hybridized carbons (Fsp3) is 0.364. The van der Waals surface area contributed by atoms with Gasteiger partial charge in [-0.25, -0.2) is 13.6 Å². The summed E-state index contributed by atoms with van der Waals surface area (Å²) in [6.07, 6.45) is 0.0472. The second-order valence-corrected chi connectivity index (χ2v) is 7.31. The van der Waals surface area contributed by atoms with Gasteiger partial charge in [-0.05, 0) is 22.0 Å². The lowest BCUT2D eigenvalue weighted by Crippen LogP contribution is -2.27. The number of benzene rings is 1. The molecule has 1 aliphatic rings. The summed E-state index contributed by atoms with van der Waals surface area (Å²) in [7, 11) is -3.67. The Morgan fingerprint density at radius 1 is 1.48 bits per heavy atom. The van der Waals surface area contributed by atoms with Crippen molar-refractivity contribution in [3.05, 3.63) is 32.8 Å². The van der Waals surface area contributed by atoms with Crippen LogP contribution in [-0.2, 0) is 14.8 Å². The van der Waals surface area contributed by atoms with E-state index in [1.165, 1.54) is 23.1 Å². The number of nitrogens with zero attached hydrogens (tertiary/aromatic N) is 2. The predicted octanol–water partition coefficient (Wildman–Crippen LogP) is 0.999. The molecule has 0 spiro atoms. The quantitative estimate of drug-likeness (QED) is 0.618. The van der Waals surface area contributed by atoms with E-state index in [1.54, 1.807) is 0 Å². The Morgan fingerprint density at radius 3 is 2.71 bits per heavy atom. The fourth-order valence-electron chi connectivity index (χ4n) is 2.28. The summed E-state index contributed by atoms with van der Waals surface area (Å²) in [6, 6.07) is 4.07. The Balaban J connectivity index is 2.28. The van der Waals surface area contributed by atoms with Crippen LogP contribution in [0.4, 0.5) is 11.4 Å². The number of carbonyl (C=O) groups is 1. The normalized spacial score (nSPS) is 19.0. The summed E-state index contributed by atoms with van der Waals surface area (Å²) >= 11 is 3.24. The first kappa shape index (κ1) is 15.9. The second-order valence-electron chi connectivity index (χ2n) is 4.80. The molecule has 8 nitrogen and oxygen atoms in total. The molecule has 1 heterocycles. The van der Waals surface area contributed by atoms with Gasteiger partial charge in [-0.15, -0.1) is 0 Å². The number of hydrogen-bond acceptors (Lipinski definition) is 5. The van der Waals surface area contributed by atoms with Gasteiger partial charge in [0.1, 0.15) is 0 Å². The molecule has 114 valence electrons. The molecule has 1 atom stereocenters.